The molecule has 21 heavy (non-hydrogen) atoms. The van der Waals surface area contributed by atoms with Crippen LogP contribution >= 0.6 is 0 Å². The Bertz CT molecular complexity index is 492. The molecule has 0 aromatic carbocycles. The molecule has 1 fully saturated rings. The molecule has 0 saturated carbocycles. The molecule has 2 rings (SSSR count). The Hall–Kier alpha value is -1.89. The summed E-state index contributed by atoms with van der Waals surface area (Å²) in [6.45, 7) is 3.74. The summed E-state index contributed by atoms with van der Waals surface area (Å²) in [7, 11) is 1.83. The number of nitrogens with zero attached hydrogens (tertiary/aromatic N) is 2. The van der Waals surface area contributed by atoms with E-state index < -0.39 is 0 Å². The minimum absolute atomic E-state index is 0.0503. The number of likely N-dealkylation sites (tertiary alicyclic amines) is 1. The van der Waals surface area contributed by atoms with Crippen LogP contribution in [0.3, 0.4) is 0 Å². The third-order valence-electron chi connectivity index (χ3n) is 3.69. The molecule has 0 aliphatic carbocycles. The maximum Gasteiger partial charge on any atom is 0.228 e. The van der Waals surface area contributed by atoms with Gasteiger partial charge in [0.1, 0.15) is 5.76 Å². The molecule has 1 saturated heterocycles. The molecule has 1 aliphatic rings. The van der Waals surface area contributed by atoms with Crippen molar-refractivity contribution >= 4 is 17.6 Å². The van der Waals surface area contributed by atoms with E-state index in [1.54, 1.807) is 13.0 Å². The lowest BCUT2D eigenvalue weighted by molar-refractivity contribution is -0.134. The second-order valence-electron chi connectivity index (χ2n) is 5.32. The molecule has 1 aromatic heterocycles. The first kappa shape index (κ1) is 15.5. The van der Waals surface area contributed by atoms with Crippen molar-refractivity contribution in [2.75, 3.05) is 32.0 Å². The van der Waals surface area contributed by atoms with Crippen molar-refractivity contribution in [2.24, 2.45) is 5.92 Å². The van der Waals surface area contributed by atoms with E-state index in [0.717, 1.165) is 0 Å². The van der Waals surface area contributed by atoms with Crippen molar-refractivity contribution in [2.45, 2.75) is 26.2 Å². The van der Waals surface area contributed by atoms with Gasteiger partial charge in [0.25, 0.3) is 0 Å². The lowest BCUT2D eigenvalue weighted by atomic mass is 9.95. The van der Waals surface area contributed by atoms with Gasteiger partial charge in [0, 0.05) is 38.0 Å². The molecule has 2 N–H and O–H groups in total. The van der Waals surface area contributed by atoms with Crippen LogP contribution in [0, 0.1) is 12.8 Å². The second kappa shape index (κ2) is 7.21. The highest BCUT2D eigenvalue weighted by Crippen LogP contribution is 2.20. The molecule has 0 bridgehead atoms. The number of nitrogens with one attached hydrogen (secondary N) is 2. The van der Waals surface area contributed by atoms with Crippen molar-refractivity contribution in [3.8, 4) is 0 Å². The Morgan fingerprint density at radius 1 is 1.43 bits per heavy atom. The third kappa shape index (κ3) is 4.29. The summed E-state index contributed by atoms with van der Waals surface area (Å²) in [5.74, 6) is 1.14. The normalized spacial score (nSPS) is 16.0. The van der Waals surface area contributed by atoms with Crippen LogP contribution in [0.4, 0.5) is 5.82 Å². The number of aromatic nitrogens is 1. The van der Waals surface area contributed by atoms with E-state index in [2.05, 4.69) is 15.8 Å². The van der Waals surface area contributed by atoms with Crippen molar-refractivity contribution in [3.05, 3.63) is 11.8 Å². The summed E-state index contributed by atoms with van der Waals surface area (Å²) < 4.78 is 4.92. The first-order chi connectivity index (χ1) is 10.1. The zero-order chi connectivity index (χ0) is 15.2. The minimum Gasteiger partial charge on any atom is -0.360 e. The molecule has 1 aliphatic heterocycles. The molecule has 116 valence electrons. The number of amides is 2. The van der Waals surface area contributed by atoms with E-state index in [1.165, 1.54) is 0 Å². The van der Waals surface area contributed by atoms with Crippen LogP contribution in [0.15, 0.2) is 10.6 Å². The van der Waals surface area contributed by atoms with Gasteiger partial charge in [-0.15, -0.1) is 0 Å². The Morgan fingerprint density at radius 3 is 2.71 bits per heavy atom. The van der Waals surface area contributed by atoms with Crippen molar-refractivity contribution in [3.63, 3.8) is 0 Å². The molecule has 1 aromatic rings. The highest BCUT2D eigenvalue weighted by atomic mass is 16.5. The predicted octanol–water partition coefficient (Wildman–Crippen LogP) is 0.770. The van der Waals surface area contributed by atoms with E-state index >= 15 is 0 Å². The first-order valence-electron chi connectivity index (χ1n) is 7.26. The maximum absolute atomic E-state index is 12.1. The lowest BCUT2D eigenvalue weighted by Crippen LogP contribution is -2.42. The van der Waals surface area contributed by atoms with Crippen molar-refractivity contribution in [1.82, 2.24) is 15.4 Å². The van der Waals surface area contributed by atoms with Crippen LogP contribution in [0.25, 0.3) is 0 Å². The van der Waals surface area contributed by atoms with Gasteiger partial charge in [-0.25, -0.2) is 0 Å². The van der Waals surface area contributed by atoms with Gasteiger partial charge in [-0.3, -0.25) is 9.59 Å². The Labute approximate surface area is 124 Å². The van der Waals surface area contributed by atoms with Gasteiger partial charge in [0.15, 0.2) is 5.82 Å². The Kier molecular flexibility index (Phi) is 5.32. The molecule has 7 heteroatoms. The third-order valence-corrected chi connectivity index (χ3v) is 3.69. The number of piperidine rings is 1. The summed E-state index contributed by atoms with van der Waals surface area (Å²) in [4.78, 5) is 25.8. The molecule has 0 unspecified atom stereocenters. The van der Waals surface area contributed by atoms with Gasteiger partial charge in [-0.2, -0.15) is 0 Å². The number of anilines is 1. The largest absolute Gasteiger partial charge is 0.360 e. The molecule has 0 atom stereocenters. The number of aryl methyl sites for hydroxylation is 1. The summed E-state index contributed by atoms with van der Waals surface area (Å²) in [6.07, 6.45) is 1.88. The van der Waals surface area contributed by atoms with Crippen molar-refractivity contribution in [1.29, 1.82) is 0 Å². The fraction of sp³-hybridized carbons (Fsp3) is 0.643. The second-order valence-corrected chi connectivity index (χ2v) is 5.32. The van der Waals surface area contributed by atoms with E-state index in [9.17, 15) is 9.59 Å². The first-order valence-corrected chi connectivity index (χ1v) is 7.26. The van der Waals surface area contributed by atoms with Crippen LogP contribution in [-0.4, -0.2) is 48.6 Å². The molecular weight excluding hydrogens is 272 g/mol. The average molecular weight is 294 g/mol. The number of rotatable bonds is 5. The maximum atomic E-state index is 12.1. The smallest absolute Gasteiger partial charge is 0.228 e. The van der Waals surface area contributed by atoms with Crippen LogP contribution in [-0.2, 0) is 9.59 Å². The van der Waals surface area contributed by atoms with Crippen molar-refractivity contribution < 1.29 is 14.1 Å². The number of carbonyl (C=O) groups excluding carboxylic acids is 2. The molecule has 2 heterocycles. The fourth-order valence-corrected chi connectivity index (χ4v) is 2.43. The van der Waals surface area contributed by atoms with Crippen LogP contribution in [0.2, 0.25) is 0 Å². The van der Waals surface area contributed by atoms with E-state index in [0.29, 0.717) is 50.5 Å². The standard InChI is InChI=1S/C14H22N4O3/c1-10-9-12(17-21-10)16-14(20)11-4-7-18(8-5-11)13(19)3-6-15-2/h9,11,15H,3-8H2,1-2H3,(H,16,17,20). The van der Waals surface area contributed by atoms with Gasteiger partial charge in [0.2, 0.25) is 11.8 Å². The highest BCUT2D eigenvalue weighted by molar-refractivity contribution is 5.91. The molecule has 7 nitrogen and oxygen atoms in total. The van der Waals surface area contributed by atoms with E-state index in [4.69, 9.17) is 4.52 Å². The molecular formula is C14H22N4O3. The SMILES string of the molecule is CNCCC(=O)N1CCC(C(=O)Nc2cc(C)on2)CC1. The molecule has 0 radical (unpaired) electrons. The number of hydrogen-bond acceptors (Lipinski definition) is 5. The van der Waals surface area contributed by atoms with Gasteiger partial charge >= 0.3 is 0 Å². The summed E-state index contributed by atoms with van der Waals surface area (Å²) in [5.41, 5.74) is 0. The van der Waals surface area contributed by atoms with E-state index in [-0.39, 0.29) is 17.7 Å². The van der Waals surface area contributed by atoms with E-state index in [1.807, 2.05) is 11.9 Å². The van der Waals surface area contributed by atoms with Crippen LogP contribution in [0.5, 0.6) is 0 Å². The monoisotopic (exact) mass is 294 g/mol. The quantitative estimate of drug-likeness (QED) is 0.837. The molecule has 2 amide bonds. The average Bonchev–Trinajstić information content (AvgIpc) is 2.90. The molecule has 0 spiro atoms. The van der Waals surface area contributed by atoms with Crippen LogP contribution in [0.1, 0.15) is 25.0 Å². The van der Waals surface area contributed by atoms with Crippen LogP contribution < -0.4 is 10.6 Å². The number of carbonyl (C=O) groups is 2. The summed E-state index contributed by atoms with van der Waals surface area (Å²) in [6, 6.07) is 1.69. The minimum atomic E-state index is -0.0737. The van der Waals surface area contributed by atoms with Gasteiger partial charge in [-0.05, 0) is 26.8 Å². The zero-order valence-corrected chi connectivity index (χ0v) is 12.5. The Balaban J connectivity index is 1.78. The lowest BCUT2D eigenvalue weighted by Gasteiger charge is -2.31. The predicted molar refractivity (Wildman–Crippen MR) is 77.7 cm³/mol. The number of hydrogen-bond donors (Lipinski definition) is 2. The summed E-state index contributed by atoms with van der Waals surface area (Å²) >= 11 is 0. The summed E-state index contributed by atoms with van der Waals surface area (Å²) in [5, 5.41) is 9.47. The highest BCUT2D eigenvalue weighted by Gasteiger charge is 2.27. The topological polar surface area (TPSA) is 87.5 Å². The van der Waals surface area contributed by atoms with Gasteiger partial charge in [0.05, 0.1) is 0 Å². The fourth-order valence-electron chi connectivity index (χ4n) is 2.43. The van der Waals surface area contributed by atoms with Gasteiger partial charge < -0.3 is 20.1 Å². The zero-order valence-electron chi connectivity index (χ0n) is 12.5. The Morgan fingerprint density at radius 2 is 2.14 bits per heavy atom. The van der Waals surface area contributed by atoms with Gasteiger partial charge in [-0.1, -0.05) is 5.16 Å².